The van der Waals surface area contributed by atoms with E-state index in [9.17, 15) is 14.4 Å². The molecule has 30 heavy (non-hydrogen) atoms. The Morgan fingerprint density at radius 3 is 2.27 bits per heavy atom. The fourth-order valence-corrected chi connectivity index (χ4v) is 4.32. The molecule has 1 aromatic heterocycles. The van der Waals surface area contributed by atoms with Crippen molar-refractivity contribution in [1.82, 2.24) is 14.0 Å². The number of halogens is 1. The molecule has 0 radical (unpaired) electrons. The molecule has 0 spiro atoms. The van der Waals surface area contributed by atoms with Gasteiger partial charge in [0.2, 0.25) is 0 Å². The minimum atomic E-state index is -0.284. The van der Waals surface area contributed by atoms with E-state index in [-0.39, 0.29) is 29.2 Å². The Bertz CT molecular complexity index is 1040. The smallest absolute Gasteiger partial charge is 0.333 e. The second-order valence-corrected chi connectivity index (χ2v) is 9.11. The Morgan fingerprint density at radius 2 is 1.63 bits per heavy atom. The molecule has 1 aliphatic rings. The van der Waals surface area contributed by atoms with Crippen molar-refractivity contribution in [2.75, 3.05) is 31.1 Å². The first-order valence-electron chi connectivity index (χ1n) is 10.4. The van der Waals surface area contributed by atoms with Crippen LogP contribution in [0.2, 0.25) is 0 Å². The van der Waals surface area contributed by atoms with Gasteiger partial charge in [-0.1, -0.05) is 22.0 Å². The lowest BCUT2D eigenvalue weighted by Gasteiger charge is -2.28. The third kappa shape index (κ3) is 4.53. The highest BCUT2D eigenvalue weighted by Crippen LogP contribution is 2.20. The number of aromatic nitrogens is 2. The third-order valence-electron chi connectivity index (χ3n) is 5.36. The second kappa shape index (κ2) is 9.20. The first kappa shape index (κ1) is 22.3. The van der Waals surface area contributed by atoms with Crippen LogP contribution < -0.4 is 16.1 Å². The van der Waals surface area contributed by atoms with E-state index < -0.39 is 0 Å². The van der Waals surface area contributed by atoms with E-state index in [1.807, 2.05) is 56.9 Å². The zero-order chi connectivity index (χ0) is 22.0. The molecule has 0 saturated carbocycles. The summed E-state index contributed by atoms with van der Waals surface area (Å²) in [6, 6.07) is 8.67. The lowest BCUT2D eigenvalue weighted by atomic mass is 10.2. The first-order valence-corrected chi connectivity index (χ1v) is 11.2. The monoisotopic (exact) mass is 476 g/mol. The van der Waals surface area contributed by atoms with Gasteiger partial charge in [-0.25, -0.2) is 4.79 Å². The molecule has 2 aromatic rings. The lowest BCUT2D eigenvalue weighted by molar-refractivity contribution is 0.0767. The zero-order valence-corrected chi connectivity index (χ0v) is 19.6. The molecule has 1 aromatic carbocycles. The molecule has 1 amide bonds. The quantitative estimate of drug-likeness (QED) is 0.678. The van der Waals surface area contributed by atoms with Crippen LogP contribution in [0, 0.1) is 0 Å². The minimum absolute atomic E-state index is 0.00498. The van der Waals surface area contributed by atoms with E-state index >= 15 is 0 Å². The Balaban J connectivity index is 1.89. The molecule has 3 rings (SSSR count). The number of carbonyl (C=O) groups is 1. The number of anilines is 1. The van der Waals surface area contributed by atoms with Crippen molar-refractivity contribution in [2.24, 2.45) is 0 Å². The van der Waals surface area contributed by atoms with Gasteiger partial charge < -0.3 is 9.80 Å². The third-order valence-corrected chi connectivity index (χ3v) is 5.85. The maximum atomic E-state index is 13.0. The van der Waals surface area contributed by atoms with Crippen molar-refractivity contribution < 1.29 is 4.79 Å². The topological polar surface area (TPSA) is 67.5 Å². The molecule has 0 atom stereocenters. The van der Waals surface area contributed by atoms with E-state index in [0.717, 1.165) is 10.9 Å². The maximum absolute atomic E-state index is 13.0. The van der Waals surface area contributed by atoms with Crippen LogP contribution in [0.25, 0.3) is 0 Å². The van der Waals surface area contributed by atoms with Crippen LogP contribution in [0.5, 0.6) is 0 Å². The SMILES string of the molecule is CC(C)n1c(N2CCCN(C(=O)c3cccc(Br)c3)CC2)cc(=O)n(C(C)C)c1=O. The number of hydrogen-bond donors (Lipinski definition) is 0. The van der Waals surface area contributed by atoms with Gasteiger partial charge in [0.25, 0.3) is 11.5 Å². The molecule has 1 fully saturated rings. The highest BCUT2D eigenvalue weighted by Gasteiger charge is 2.24. The van der Waals surface area contributed by atoms with Gasteiger partial charge in [-0.15, -0.1) is 0 Å². The van der Waals surface area contributed by atoms with Gasteiger partial charge in [-0.2, -0.15) is 0 Å². The molecule has 162 valence electrons. The molecule has 0 unspecified atom stereocenters. The Hall–Kier alpha value is -2.35. The number of hydrogen-bond acceptors (Lipinski definition) is 4. The highest BCUT2D eigenvalue weighted by atomic mass is 79.9. The van der Waals surface area contributed by atoms with Crippen LogP contribution >= 0.6 is 15.9 Å². The van der Waals surface area contributed by atoms with Crippen molar-refractivity contribution >= 4 is 27.7 Å². The summed E-state index contributed by atoms with van der Waals surface area (Å²) in [5, 5.41) is 0. The van der Waals surface area contributed by atoms with E-state index in [0.29, 0.717) is 37.6 Å². The fraction of sp³-hybridized carbons (Fsp3) is 0.500. The number of carbonyl (C=O) groups excluding carboxylic acids is 1. The molecule has 1 aliphatic heterocycles. The summed E-state index contributed by atoms with van der Waals surface area (Å²) in [6.07, 6.45) is 0.763. The molecule has 0 bridgehead atoms. The molecule has 7 nitrogen and oxygen atoms in total. The van der Waals surface area contributed by atoms with Crippen molar-refractivity contribution in [3.05, 3.63) is 61.2 Å². The van der Waals surface area contributed by atoms with Crippen LogP contribution in [-0.2, 0) is 0 Å². The van der Waals surface area contributed by atoms with Gasteiger partial charge in [0, 0.05) is 54.4 Å². The molecular formula is C22H29BrN4O3. The van der Waals surface area contributed by atoms with E-state index in [2.05, 4.69) is 20.8 Å². The second-order valence-electron chi connectivity index (χ2n) is 8.19. The normalized spacial score (nSPS) is 15.0. The summed E-state index contributed by atoms with van der Waals surface area (Å²) in [5.41, 5.74) is 0.0819. The summed E-state index contributed by atoms with van der Waals surface area (Å²) >= 11 is 3.42. The van der Waals surface area contributed by atoms with E-state index in [1.165, 1.54) is 4.57 Å². The Morgan fingerprint density at radius 1 is 0.933 bits per heavy atom. The van der Waals surface area contributed by atoms with Crippen molar-refractivity contribution in [3.63, 3.8) is 0 Å². The summed E-state index contributed by atoms with van der Waals surface area (Å²) < 4.78 is 3.86. The van der Waals surface area contributed by atoms with Crippen LogP contribution in [0.15, 0.2) is 44.4 Å². The number of amides is 1. The summed E-state index contributed by atoms with van der Waals surface area (Å²) in [4.78, 5) is 42.5. The summed E-state index contributed by atoms with van der Waals surface area (Å²) in [5.74, 6) is 0.628. The van der Waals surface area contributed by atoms with Crippen LogP contribution in [0.3, 0.4) is 0 Å². The largest absolute Gasteiger partial charge is 0.356 e. The molecule has 2 heterocycles. The predicted octanol–water partition coefficient (Wildman–Crippen LogP) is 3.29. The number of benzene rings is 1. The van der Waals surface area contributed by atoms with Crippen molar-refractivity contribution in [3.8, 4) is 0 Å². The first-order chi connectivity index (χ1) is 14.2. The van der Waals surface area contributed by atoms with Crippen molar-refractivity contribution in [2.45, 2.75) is 46.2 Å². The molecule has 0 N–H and O–H groups in total. The number of rotatable bonds is 4. The summed E-state index contributed by atoms with van der Waals surface area (Å²) in [7, 11) is 0. The molecule has 8 heteroatoms. The highest BCUT2D eigenvalue weighted by molar-refractivity contribution is 9.10. The van der Waals surface area contributed by atoms with Gasteiger partial charge in [0.15, 0.2) is 0 Å². The molecule has 1 saturated heterocycles. The van der Waals surface area contributed by atoms with Gasteiger partial charge in [0.1, 0.15) is 5.82 Å². The lowest BCUT2D eigenvalue weighted by Crippen LogP contribution is -2.45. The predicted molar refractivity (Wildman–Crippen MR) is 123 cm³/mol. The average molecular weight is 477 g/mol. The maximum Gasteiger partial charge on any atom is 0.333 e. The number of nitrogens with zero attached hydrogens (tertiary/aromatic N) is 4. The molecular weight excluding hydrogens is 448 g/mol. The van der Waals surface area contributed by atoms with Crippen LogP contribution in [0.1, 0.15) is 56.6 Å². The van der Waals surface area contributed by atoms with Gasteiger partial charge in [-0.3, -0.25) is 18.7 Å². The van der Waals surface area contributed by atoms with E-state index in [1.54, 1.807) is 10.6 Å². The standard InChI is InChI=1S/C22H29BrN4O3/c1-15(2)26-19(14-20(28)27(16(3)4)22(26)30)24-9-6-10-25(12-11-24)21(29)17-7-5-8-18(23)13-17/h5,7-8,13-16H,6,9-12H2,1-4H3. The van der Waals surface area contributed by atoms with E-state index in [4.69, 9.17) is 0 Å². The van der Waals surface area contributed by atoms with Crippen LogP contribution in [-0.4, -0.2) is 46.1 Å². The van der Waals surface area contributed by atoms with Gasteiger partial charge in [-0.05, 0) is 52.3 Å². The van der Waals surface area contributed by atoms with Crippen molar-refractivity contribution in [1.29, 1.82) is 0 Å². The Labute approximate surface area is 185 Å². The average Bonchev–Trinajstić information content (AvgIpc) is 2.92. The Kier molecular flexibility index (Phi) is 6.85. The summed E-state index contributed by atoms with van der Waals surface area (Å²) in [6.45, 7) is 9.98. The fourth-order valence-electron chi connectivity index (χ4n) is 3.92. The minimum Gasteiger partial charge on any atom is -0.356 e. The zero-order valence-electron chi connectivity index (χ0n) is 18.0. The van der Waals surface area contributed by atoms with Gasteiger partial charge in [0.05, 0.1) is 0 Å². The van der Waals surface area contributed by atoms with Gasteiger partial charge >= 0.3 is 5.69 Å². The van der Waals surface area contributed by atoms with Crippen LogP contribution in [0.4, 0.5) is 5.82 Å². The molecule has 0 aliphatic carbocycles.